The Balaban J connectivity index is 2.00. The first kappa shape index (κ1) is 13.4. The summed E-state index contributed by atoms with van der Waals surface area (Å²) in [5, 5.41) is 10.4. The van der Waals surface area contributed by atoms with Crippen LogP contribution >= 0.6 is 0 Å². The van der Waals surface area contributed by atoms with Gasteiger partial charge < -0.3 is 9.84 Å². The Morgan fingerprint density at radius 3 is 2.39 bits per heavy atom. The largest absolute Gasteiger partial charge is 0.494 e. The third-order valence-corrected chi connectivity index (χ3v) is 3.71. The van der Waals surface area contributed by atoms with E-state index in [2.05, 4.69) is 11.8 Å². The maximum absolute atomic E-state index is 10.4. The first-order chi connectivity index (χ1) is 8.72. The Bertz CT molecular complexity index is 357. The molecule has 1 N–H and O–H groups in total. The van der Waals surface area contributed by atoms with E-state index in [0.717, 1.165) is 24.4 Å². The van der Waals surface area contributed by atoms with Crippen molar-refractivity contribution in [3.8, 4) is 5.75 Å². The molecular formula is C15H23NO2. The molecule has 0 aromatic heterocycles. The van der Waals surface area contributed by atoms with Crippen LogP contribution in [-0.4, -0.2) is 35.7 Å². The van der Waals surface area contributed by atoms with Gasteiger partial charge in [0.05, 0.1) is 12.7 Å². The molecule has 1 fully saturated rings. The van der Waals surface area contributed by atoms with Crippen LogP contribution in [0.2, 0.25) is 0 Å². The van der Waals surface area contributed by atoms with Crippen LogP contribution in [0.25, 0.3) is 0 Å². The van der Waals surface area contributed by atoms with Crippen molar-refractivity contribution in [2.75, 3.05) is 19.7 Å². The number of ether oxygens (including phenoxy) is 1. The number of benzene rings is 1. The number of rotatable bonds is 5. The Hall–Kier alpha value is -1.06. The SMILES string of the molecule is CCOc1ccc([C@@H](O)[C@H](C)N2CCCC2)cc1. The molecule has 100 valence electrons. The van der Waals surface area contributed by atoms with Crippen molar-refractivity contribution < 1.29 is 9.84 Å². The Morgan fingerprint density at radius 2 is 1.83 bits per heavy atom. The zero-order valence-corrected chi connectivity index (χ0v) is 11.3. The fourth-order valence-corrected chi connectivity index (χ4v) is 2.55. The van der Waals surface area contributed by atoms with E-state index < -0.39 is 6.10 Å². The maximum atomic E-state index is 10.4. The quantitative estimate of drug-likeness (QED) is 0.870. The van der Waals surface area contributed by atoms with Gasteiger partial charge in [-0.05, 0) is 57.5 Å². The van der Waals surface area contributed by atoms with Gasteiger partial charge in [0.25, 0.3) is 0 Å². The summed E-state index contributed by atoms with van der Waals surface area (Å²) >= 11 is 0. The molecular weight excluding hydrogens is 226 g/mol. The lowest BCUT2D eigenvalue weighted by Gasteiger charge is -2.28. The van der Waals surface area contributed by atoms with Crippen LogP contribution in [0.4, 0.5) is 0 Å². The number of hydrogen-bond acceptors (Lipinski definition) is 3. The highest BCUT2D eigenvalue weighted by Crippen LogP contribution is 2.25. The first-order valence-corrected chi connectivity index (χ1v) is 6.87. The van der Waals surface area contributed by atoms with Gasteiger partial charge in [0.15, 0.2) is 0 Å². The third-order valence-electron chi connectivity index (χ3n) is 3.71. The zero-order chi connectivity index (χ0) is 13.0. The third kappa shape index (κ3) is 3.03. The number of likely N-dealkylation sites (tertiary alicyclic amines) is 1. The van der Waals surface area contributed by atoms with E-state index in [1.165, 1.54) is 12.8 Å². The lowest BCUT2D eigenvalue weighted by molar-refractivity contribution is 0.0715. The van der Waals surface area contributed by atoms with Crippen LogP contribution in [0.3, 0.4) is 0 Å². The molecule has 1 saturated heterocycles. The second kappa shape index (κ2) is 6.21. The second-order valence-electron chi connectivity index (χ2n) is 4.93. The summed E-state index contributed by atoms with van der Waals surface area (Å²) in [6.07, 6.45) is 2.08. The highest BCUT2D eigenvalue weighted by atomic mass is 16.5. The van der Waals surface area contributed by atoms with Crippen LogP contribution in [0, 0.1) is 0 Å². The topological polar surface area (TPSA) is 32.7 Å². The van der Waals surface area contributed by atoms with E-state index in [4.69, 9.17) is 4.74 Å². The summed E-state index contributed by atoms with van der Waals surface area (Å²) in [5.41, 5.74) is 0.970. The lowest BCUT2D eigenvalue weighted by atomic mass is 10.0. The van der Waals surface area contributed by atoms with Gasteiger partial charge in [0.1, 0.15) is 5.75 Å². The molecule has 18 heavy (non-hydrogen) atoms. The summed E-state index contributed by atoms with van der Waals surface area (Å²) in [6, 6.07) is 7.97. The van der Waals surface area contributed by atoms with E-state index in [9.17, 15) is 5.11 Å². The molecule has 0 spiro atoms. The van der Waals surface area contributed by atoms with Crippen molar-refractivity contribution in [1.29, 1.82) is 0 Å². The number of nitrogens with zero attached hydrogens (tertiary/aromatic N) is 1. The van der Waals surface area contributed by atoms with Gasteiger partial charge in [-0.15, -0.1) is 0 Å². The Kier molecular flexibility index (Phi) is 4.61. The van der Waals surface area contributed by atoms with E-state index in [-0.39, 0.29) is 6.04 Å². The molecule has 1 aliphatic rings. The van der Waals surface area contributed by atoms with Gasteiger partial charge in [-0.2, -0.15) is 0 Å². The molecule has 3 heteroatoms. The predicted molar refractivity (Wildman–Crippen MR) is 72.8 cm³/mol. The van der Waals surface area contributed by atoms with Crippen LogP contribution in [0.15, 0.2) is 24.3 Å². The molecule has 1 heterocycles. The summed E-state index contributed by atoms with van der Waals surface area (Å²) in [5.74, 6) is 0.863. The van der Waals surface area contributed by atoms with Gasteiger partial charge in [-0.3, -0.25) is 4.90 Å². The summed E-state index contributed by atoms with van der Waals surface area (Å²) in [4.78, 5) is 2.36. The van der Waals surface area contributed by atoms with Gasteiger partial charge >= 0.3 is 0 Å². The molecule has 3 nitrogen and oxygen atoms in total. The van der Waals surface area contributed by atoms with Crippen LogP contribution < -0.4 is 4.74 Å². The fourth-order valence-electron chi connectivity index (χ4n) is 2.55. The molecule has 2 rings (SSSR count). The average molecular weight is 249 g/mol. The molecule has 0 aliphatic carbocycles. The minimum atomic E-state index is -0.418. The lowest BCUT2D eigenvalue weighted by Crippen LogP contribution is -2.35. The molecule has 0 saturated carbocycles. The number of aliphatic hydroxyl groups is 1. The minimum absolute atomic E-state index is 0.186. The number of hydrogen-bond donors (Lipinski definition) is 1. The van der Waals surface area contributed by atoms with Crippen molar-refractivity contribution in [3.63, 3.8) is 0 Å². The molecule has 1 aromatic rings. The molecule has 0 radical (unpaired) electrons. The molecule has 0 unspecified atom stereocenters. The van der Waals surface area contributed by atoms with Crippen LogP contribution in [0.5, 0.6) is 5.75 Å². The van der Waals surface area contributed by atoms with Crippen molar-refractivity contribution in [1.82, 2.24) is 4.90 Å². The van der Waals surface area contributed by atoms with Gasteiger partial charge in [0, 0.05) is 6.04 Å². The summed E-state index contributed by atoms with van der Waals surface area (Å²) < 4.78 is 5.41. The standard InChI is InChI=1S/C15H23NO2/c1-3-18-14-8-6-13(7-9-14)15(17)12(2)16-10-4-5-11-16/h6-9,12,15,17H,3-5,10-11H2,1-2H3/t12-,15-/m0/s1. The molecule has 0 amide bonds. The second-order valence-corrected chi connectivity index (χ2v) is 4.93. The van der Waals surface area contributed by atoms with Gasteiger partial charge in [-0.1, -0.05) is 12.1 Å². The molecule has 1 aromatic carbocycles. The van der Waals surface area contributed by atoms with E-state index in [0.29, 0.717) is 6.61 Å². The van der Waals surface area contributed by atoms with Crippen molar-refractivity contribution in [3.05, 3.63) is 29.8 Å². The normalized spacial score (nSPS) is 19.7. The maximum Gasteiger partial charge on any atom is 0.119 e. The Labute approximate surface area is 109 Å². The van der Waals surface area contributed by atoms with E-state index in [1.54, 1.807) is 0 Å². The van der Waals surface area contributed by atoms with Crippen molar-refractivity contribution in [2.24, 2.45) is 0 Å². The monoisotopic (exact) mass is 249 g/mol. The zero-order valence-electron chi connectivity index (χ0n) is 11.3. The highest BCUT2D eigenvalue weighted by molar-refractivity contribution is 5.29. The highest BCUT2D eigenvalue weighted by Gasteiger charge is 2.25. The van der Waals surface area contributed by atoms with E-state index >= 15 is 0 Å². The summed E-state index contributed by atoms with van der Waals surface area (Å²) in [7, 11) is 0. The molecule has 2 atom stereocenters. The average Bonchev–Trinajstić information content (AvgIpc) is 2.92. The predicted octanol–water partition coefficient (Wildman–Crippen LogP) is 2.60. The first-order valence-electron chi connectivity index (χ1n) is 6.87. The summed E-state index contributed by atoms with van der Waals surface area (Å²) in [6.45, 7) is 6.96. The van der Waals surface area contributed by atoms with Crippen LogP contribution in [-0.2, 0) is 0 Å². The molecule has 0 bridgehead atoms. The Morgan fingerprint density at radius 1 is 1.22 bits per heavy atom. The smallest absolute Gasteiger partial charge is 0.119 e. The van der Waals surface area contributed by atoms with Crippen molar-refractivity contribution >= 4 is 0 Å². The molecule has 1 aliphatic heterocycles. The van der Waals surface area contributed by atoms with E-state index in [1.807, 2.05) is 31.2 Å². The van der Waals surface area contributed by atoms with Crippen LogP contribution in [0.1, 0.15) is 38.4 Å². The van der Waals surface area contributed by atoms with Crippen molar-refractivity contribution in [2.45, 2.75) is 38.8 Å². The van der Waals surface area contributed by atoms with Gasteiger partial charge in [-0.25, -0.2) is 0 Å². The minimum Gasteiger partial charge on any atom is -0.494 e. The number of aliphatic hydroxyl groups excluding tert-OH is 1. The van der Waals surface area contributed by atoms with Gasteiger partial charge in [0.2, 0.25) is 0 Å². The fraction of sp³-hybridized carbons (Fsp3) is 0.600.